The van der Waals surface area contributed by atoms with Crippen LogP contribution in [-0.2, 0) is 11.3 Å². The fourth-order valence-electron chi connectivity index (χ4n) is 1.71. The second-order valence-corrected chi connectivity index (χ2v) is 4.31. The normalized spacial score (nSPS) is 9.80. The number of aryl methyl sites for hydroxylation is 1. The summed E-state index contributed by atoms with van der Waals surface area (Å²) in [5, 5.41) is 8.75. The van der Waals surface area contributed by atoms with Crippen LogP contribution in [0.1, 0.15) is 27.2 Å². The first-order valence-electron chi connectivity index (χ1n) is 5.98. The number of carbonyl (C=O) groups is 1. The third-order valence-electron chi connectivity index (χ3n) is 2.79. The number of pyridine rings is 1. The number of nitrogens with zero attached hydrogens (tertiary/aromatic N) is 2. The summed E-state index contributed by atoms with van der Waals surface area (Å²) in [4.78, 5) is 15.8. The van der Waals surface area contributed by atoms with Crippen molar-refractivity contribution < 1.29 is 9.53 Å². The molecule has 0 spiro atoms. The summed E-state index contributed by atoms with van der Waals surface area (Å²) in [5.74, 6) is -0.440. The molecule has 0 fully saturated rings. The Hall–Kier alpha value is -2.87. The first kappa shape index (κ1) is 13.6. The average molecular weight is 267 g/mol. The lowest BCUT2D eigenvalue weighted by molar-refractivity contribution is 0.0472. The predicted octanol–water partition coefficient (Wildman–Crippen LogP) is 2.20. The highest BCUT2D eigenvalue weighted by molar-refractivity contribution is 5.92. The molecular formula is C15H13N3O2. The molecule has 0 bridgehead atoms. The number of esters is 1. The van der Waals surface area contributed by atoms with E-state index in [4.69, 9.17) is 15.7 Å². The Bertz CT molecular complexity index is 690. The predicted molar refractivity (Wildman–Crippen MR) is 73.7 cm³/mol. The van der Waals surface area contributed by atoms with Crippen molar-refractivity contribution in [1.29, 1.82) is 5.26 Å². The summed E-state index contributed by atoms with van der Waals surface area (Å²) in [5.41, 5.74) is 8.42. The van der Waals surface area contributed by atoms with Gasteiger partial charge in [0.25, 0.3) is 0 Å². The SMILES string of the molecule is Cc1ccc(N)cc1C(=O)OCc1ccnc(C#N)c1. The maximum atomic E-state index is 12.0. The monoisotopic (exact) mass is 267 g/mol. The Morgan fingerprint density at radius 1 is 1.40 bits per heavy atom. The molecule has 0 aliphatic carbocycles. The zero-order valence-electron chi connectivity index (χ0n) is 11.0. The average Bonchev–Trinajstić information content (AvgIpc) is 2.47. The molecule has 0 aliphatic rings. The van der Waals surface area contributed by atoms with Crippen LogP contribution in [0.5, 0.6) is 0 Å². The van der Waals surface area contributed by atoms with E-state index in [1.807, 2.05) is 13.0 Å². The maximum Gasteiger partial charge on any atom is 0.338 e. The highest BCUT2D eigenvalue weighted by Crippen LogP contribution is 2.15. The van der Waals surface area contributed by atoms with E-state index in [1.165, 1.54) is 6.20 Å². The molecule has 1 aromatic carbocycles. The highest BCUT2D eigenvalue weighted by atomic mass is 16.5. The molecule has 0 unspecified atom stereocenters. The fourth-order valence-corrected chi connectivity index (χ4v) is 1.71. The third kappa shape index (κ3) is 3.12. The van der Waals surface area contributed by atoms with Gasteiger partial charge in [0.1, 0.15) is 18.4 Å². The van der Waals surface area contributed by atoms with Crippen molar-refractivity contribution in [2.75, 3.05) is 5.73 Å². The molecule has 2 N–H and O–H groups in total. The van der Waals surface area contributed by atoms with Crippen LogP contribution in [0, 0.1) is 18.3 Å². The van der Waals surface area contributed by atoms with Crippen molar-refractivity contribution in [1.82, 2.24) is 4.98 Å². The topological polar surface area (TPSA) is 89.0 Å². The van der Waals surface area contributed by atoms with Crippen molar-refractivity contribution in [3.8, 4) is 6.07 Å². The van der Waals surface area contributed by atoms with Crippen molar-refractivity contribution in [3.05, 3.63) is 58.9 Å². The van der Waals surface area contributed by atoms with E-state index >= 15 is 0 Å². The molecule has 0 aliphatic heterocycles. The maximum absolute atomic E-state index is 12.0. The van der Waals surface area contributed by atoms with E-state index in [-0.39, 0.29) is 6.61 Å². The largest absolute Gasteiger partial charge is 0.457 e. The van der Waals surface area contributed by atoms with Gasteiger partial charge in [-0.3, -0.25) is 0 Å². The van der Waals surface area contributed by atoms with Gasteiger partial charge in [-0.1, -0.05) is 6.07 Å². The number of anilines is 1. The molecular weight excluding hydrogens is 254 g/mol. The molecule has 2 aromatic rings. The van der Waals surface area contributed by atoms with E-state index in [0.717, 1.165) is 5.56 Å². The molecule has 0 radical (unpaired) electrons. The van der Waals surface area contributed by atoms with Gasteiger partial charge in [-0.2, -0.15) is 5.26 Å². The summed E-state index contributed by atoms with van der Waals surface area (Å²) in [7, 11) is 0. The fraction of sp³-hybridized carbons (Fsp3) is 0.133. The number of aromatic nitrogens is 1. The van der Waals surface area contributed by atoms with E-state index in [9.17, 15) is 4.79 Å². The Morgan fingerprint density at radius 3 is 2.95 bits per heavy atom. The minimum absolute atomic E-state index is 0.0876. The molecule has 5 heteroatoms. The molecule has 100 valence electrons. The lowest BCUT2D eigenvalue weighted by Gasteiger charge is -2.08. The number of nitrogens with two attached hydrogens (primary N) is 1. The van der Waals surface area contributed by atoms with E-state index < -0.39 is 5.97 Å². The number of nitriles is 1. The lowest BCUT2D eigenvalue weighted by atomic mass is 10.1. The third-order valence-corrected chi connectivity index (χ3v) is 2.79. The standard InChI is InChI=1S/C15H13N3O2/c1-10-2-3-12(17)7-14(10)15(19)20-9-11-4-5-18-13(6-11)8-16/h2-7H,9,17H2,1H3. The van der Waals surface area contributed by atoms with Gasteiger partial charge >= 0.3 is 5.97 Å². The Balaban J connectivity index is 2.09. The number of carbonyl (C=O) groups excluding carboxylic acids is 1. The zero-order valence-corrected chi connectivity index (χ0v) is 11.0. The van der Waals surface area contributed by atoms with Gasteiger partial charge < -0.3 is 10.5 Å². The number of hydrogen-bond donors (Lipinski definition) is 1. The van der Waals surface area contributed by atoms with Crippen molar-refractivity contribution in [2.24, 2.45) is 0 Å². The first-order valence-corrected chi connectivity index (χ1v) is 5.98. The second kappa shape index (κ2) is 5.85. The number of benzene rings is 1. The molecule has 0 saturated heterocycles. The molecule has 0 amide bonds. The van der Waals surface area contributed by atoms with Gasteiger partial charge in [-0.05, 0) is 42.3 Å². The zero-order chi connectivity index (χ0) is 14.5. The first-order chi connectivity index (χ1) is 9.60. The van der Waals surface area contributed by atoms with Crippen LogP contribution in [0.3, 0.4) is 0 Å². The molecule has 1 heterocycles. The highest BCUT2D eigenvalue weighted by Gasteiger charge is 2.11. The summed E-state index contributed by atoms with van der Waals surface area (Å²) >= 11 is 0. The summed E-state index contributed by atoms with van der Waals surface area (Å²) in [6.45, 7) is 1.90. The van der Waals surface area contributed by atoms with Crippen LogP contribution in [0.2, 0.25) is 0 Å². The molecule has 1 aromatic heterocycles. The number of hydrogen-bond acceptors (Lipinski definition) is 5. The summed E-state index contributed by atoms with van der Waals surface area (Å²) in [6.07, 6.45) is 1.51. The summed E-state index contributed by atoms with van der Waals surface area (Å²) < 4.78 is 5.22. The van der Waals surface area contributed by atoms with Gasteiger partial charge in [0.05, 0.1) is 5.56 Å². The van der Waals surface area contributed by atoms with Gasteiger partial charge in [0.15, 0.2) is 0 Å². The van der Waals surface area contributed by atoms with Crippen LogP contribution in [0.4, 0.5) is 5.69 Å². The molecule has 2 rings (SSSR count). The van der Waals surface area contributed by atoms with Crippen molar-refractivity contribution >= 4 is 11.7 Å². The van der Waals surface area contributed by atoms with Crippen LogP contribution in [0.25, 0.3) is 0 Å². The smallest absolute Gasteiger partial charge is 0.338 e. The molecule has 5 nitrogen and oxygen atoms in total. The van der Waals surface area contributed by atoms with E-state index in [1.54, 1.807) is 30.3 Å². The second-order valence-electron chi connectivity index (χ2n) is 4.31. The van der Waals surface area contributed by atoms with Crippen molar-refractivity contribution in [3.63, 3.8) is 0 Å². The minimum Gasteiger partial charge on any atom is -0.457 e. The quantitative estimate of drug-likeness (QED) is 0.680. The van der Waals surface area contributed by atoms with E-state index in [0.29, 0.717) is 22.5 Å². The van der Waals surface area contributed by atoms with Crippen LogP contribution < -0.4 is 5.73 Å². The number of rotatable bonds is 3. The van der Waals surface area contributed by atoms with Gasteiger partial charge in [-0.25, -0.2) is 9.78 Å². The van der Waals surface area contributed by atoms with E-state index in [2.05, 4.69) is 4.98 Å². The van der Waals surface area contributed by atoms with Gasteiger partial charge in [-0.15, -0.1) is 0 Å². The Morgan fingerprint density at radius 2 is 2.20 bits per heavy atom. The van der Waals surface area contributed by atoms with Crippen molar-refractivity contribution in [2.45, 2.75) is 13.5 Å². The lowest BCUT2D eigenvalue weighted by Crippen LogP contribution is -2.08. The number of nitrogen functional groups attached to an aromatic ring is 1. The Kier molecular flexibility index (Phi) is 3.96. The van der Waals surface area contributed by atoms with Crippen LogP contribution in [-0.4, -0.2) is 11.0 Å². The van der Waals surface area contributed by atoms with Crippen LogP contribution in [0.15, 0.2) is 36.5 Å². The number of ether oxygens (including phenoxy) is 1. The molecule has 20 heavy (non-hydrogen) atoms. The molecule has 0 atom stereocenters. The van der Waals surface area contributed by atoms with Crippen LogP contribution >= 0.6 is 0 Å². The van der Waals surface area contributed by atoms with Gasteiger partial charge in [0, 0.05) is 11.9 Å². The van der Waals surface area contributed by atoms with Gasteiger partial charge in [0.2, 0.25) is 0 Å². The Labute approximate surface area is 116 Å². The molecule has 0 saturated carbocycles. The summed E-state index contributed by atoms with van der Waals surface area (Å²) in [6, 6.07) is 10.3. The minimum atomic E-state index is -0.440.